The van der Waals surface area contributed by atoms with Crippen molar-refractivity contribution in [1.82, 2.24) is 0 Å². The second-order valence-electron chi connectivity index (χ2n) is 3.59. The molecule has 0 bridgehead atoms. The number of benzene rings is 2. The topological polar surface area (TPSA) is 26.0 Å². The molecule has 1 unspecified atom stereocenters. The van der Waals surface area contributed by atoms with E-state index in [1.807, 2.05) is 30.3 Å². The Morgan fingerprint density at radius 1 is 1.00 bits per heavy atom. The van der Waals surface area contributed by atoms with E-state index in [1.165, 1.54) is 12.1 Å². The van der Waals surface area contributed by atoms with Crippen LogP contribution in [0.15, 0.2) is 48.5 Å². The summed E-state index contributed by atoms with van der Waals surface area (Å²) in [5, 5.41) is 0.362. The summed E-state index contributed by atoms with van der Waals surface area (Å²) in [5.41, 5.74) is 7.64. The van der Waals surface area contributed by atoms with Gasteiger partial charge in [-0.2, -0.15) is 0 Å². The smallest absolute Gasteiger partial charge is 0.125 e. The molecule has 2 N–H and O–H groups in total. The maximum atomic E-state index is 13.2. The highest BCUT2D eigenvalue weighted by molar-refractivity contribution is 6.30. The first-order valence-electron chi connectivity index (χ1n) is 4.93. The van der Waals surface area contributed by atoms with Gasteiger partial charge in [0, 0.05) is 5.02 Å². The van der Waals surface area contributed by atoms with Gasteiger partial charge in [-0.1, -0.05) is 41.9 Å². The second-order valence-corrected chi connectivity index (χ2v) is 4.03. The maximum absolute atomic E-state index is 13.2. The van der Waals surface area contributed by atoms with Crippen LogP contribution in [0.4, 0.5) is 4.39 Å². The molecule has 0 aliphatic heterocycles. The highest BCUT2D eigenvalue weighted by Gasteiger charge is 2.10. The molecule has 0 saturated heterocycles. The van der Waals surface area contributed by atoms with E-state index < -0.39 is 0 Å². The van der Waals surface area contributed by atoms with Crippen molar-refractivity contribution in [3.63, 3.8) is 0 Å². The van der Waals surface area contributed by atoms with Crippen molar-refractivity contribution in [2.45, 2.75) is 6.04 Å². The lowest BCUT2D eigenvalue weighted by molar-refractivity contribution is 0.623. The lowest BCUT2D eigenvalue weighted by atomic mass is 10.00. The van der Waals surface area contributed by atoms with E-state index in [1.54, 1.807) is 6.07 Å². The first-order chi connectivity index (χ1) is 7.66. The number of nitrogens with two attached hydrogens (primary N) is 1. The van der Waals surface area contributed by atoms with Gasteiger partial charge < -0.3 is 5.73 Å². The van der Waals surface area contributed by atoms with Gasteiger partial charge in [0.25, 0.3) is 0 Å². The van der Waals surface area contributed by atoms with Crippen LogP contribution in [-0.4, -0.2) is 0 Å². The summed E-state index contributed by atoms with van der Waals surface area (Å²) in [5.74, 6) is -0.367. The summed E-state index contributed by atoms with van der Waals surface area (Å²) in [6, 6.07) is 13.5. The van der Waals surface area contributed by atoms with Crippen LogP contribution in [0, 0.1) is 5.82 Å². The number of halogens is 2. The predicted molar refractivity (Wildman–Crippen MR) is 63.9 cm³/mol. The Hall–Kier alpha value is -1.38. The summed E-state index contributed by atoms with van der Waals surface area (Å²) in [4.78, 5) is 0. The third-order valence-electron chi connectivity index (χ3n) is 2.40. The molecule has 2 rings (SSSR count). The fourth-order valence-electron chi connectivity index (χ4n) is 1.61. The highest BCUT2D eigenvalue weighted by atomic mass is 35.5. The molecule has 2 aromatic rings. The fraction of sp³-hybridized carbons (Fsp3) is 0.0769. The van der Waals surface area contributed by atoms with Crippen LogP contribution in [0.3, 0.4) is 0 Å². The molecule has 2 aromatic carbocycles. The second kappa shape index (κ2) is 4.64. The van der Waals surface area contributed by atoms with Gasteiger partial charge in [0.1, 0.15) is 5.82 Å². The third-order valence-corrected chi connectivity index (χ3v) is 2.62. The molecule has 16 heavy (non-hydrogen) atoms. The van der Waals surface area contributed by atoms with Crippen LogP contribution in [0.5, 0.6) is 0 Å². The Morgan fingerprint density at radius 3 is 2.31 bits per heavy atom. The summed E-state index contributed by atoms with van der Waals surface area (Å²) < 4.78 is 13.2. The van der Waals surface area contributed by atoms with Crippen LogP contribution in [0.25, 0.3) is 0 Å². The third kappa shape index (κ3) is 2.40. The predicted octanol–water partition coefficient (Wildman–Crippen LogP) is 3.53. The van der Waals surface area contributed by atoms with Gasteiger partial charge in [0.15, 0.2) is 0 Å². The van der Waals surface area contributed by atoms with Crippen molar-refractivity contribution in [3.8, 4) is 0 Å². The molecule has 0 saturated carbocycles. The Labute approximate surface area is 98.7 Å². The van der Waals surface area contributed by atoms with Crippen LogP contribution in [0.1, 0.15) is 17.2 Å². The van der Waals surface area contributed by atoms with Crippen LogP contribution in [-0.2, 0) is 0 Å². The summed E-state index contributed by atoms with van der Waals surface area (Å²) in [6.07, 6.45) is 0. The SMILES string of the molecule is NC(c1ccccc1)c1cc(F)cc(Cl)c1. The fourth-order valence-corrected chi connectivity index (χ4v) is 1.84. The molecule has 0 aliphatic carbocycles. The molecule has 0 radical (unpaired) electrons. The minimum Gasteiger partial charge on any atom is -0.320 e. The minimum atomic E-state index is -0.367. The summed E-state index contributed by atoms with van der Waals surface area (Å²) >= 11 is 5.79. The molecule has 1 nitrogen and oxygen atoms in total. The lowest BCUT2D eigenvalue weighted by Gasteiger charge is -2.12. The standard InChI is InChI=1S/C13H11ClFN/c14-11-6-10(7-12(15)8-11)13(16)9-4-2-1-3-5-9/h1-8,13H,16H2. The van der Waals surface area contributed by atoms with Gasteiger partial charge in [-0.3, -0.25) is 0 Å². The molecule has 1 atom stereocenters. The van der Waals surface area contributed by atoms with E-state index in [2.05, 4.69) is 0 Å². The van der Waals surface area contributed by atoms with Crippen molar-refractivity contribution >= 4 is 11.6 Å². The maximum Gasteiger partial charge on any atom is 0.125 e. The minimum absolute atomic E-state index is 0.352. The molecule has 0 spiro atoms. The molecule has 0 heterocycles. The van der Waals surface area contributed by atoms with E-state index in [-0.39, 0.29) is 11.9 Å². The average Bonchev–Trinajstić information content (AvgIpc) is 2.28. The molecule has 0 aromatic heterocycles. The lowest BCUT2D eigenvalue weighted by Crippen LogP contribution is -2.11. The van der Waals surface area contributed by atoms with Gasteiger partial charge in [0.2, 0.25) is 0 Å². The summed E-state index contributed by atoms with van der Waals surface area (Å²) in [6.45, 7) is 0. The van der Waals surface area contributed by atoms with E-state index in [0.717, 1.165) is 5.56 Å². The van der Waals surface area contributed by atoms with Gasteiger partial charge >= 0.3 is 0 Å². The molecule has 82 valence electrons. The monoisotopic (exact) mass is 235 g/mol. The Morgan fingerprint density at radius 2 is 1.69 bits per heavy atom. The number of hydrogen-bond donors (Lipinski definition) is 1. The van der Waals surface area contributed by atoms with Gasteiger partial charge in [0.05, 0.1) is 6.04 Å². The van der Waals surface area contributed by atoms with Gasteiger partial charge in [-0.25, -0.2) is 4.39 Å². The number of rotatable bonds is 2. The van der Waals surface area contributed by atoms with Crippen molar-refractivity contribution < 1.29 is 4.39 Å². The normalized spacial score (nSPS) is 12.4. The average molecular weight is 236 g/mol. The number of hydrogen-bond acceptors (Lipinski definition) is 1. The van der Waals surface area contributed by atoms with Crippen molar-refractivity contribution in [1.29, 1.82) is 0 Å². The van der Waals surface area contributed by atoms with Crippen molar-refractivity contribution in [2.24, 2.45) is 5.73 Å². The van der Waals surface area contributed by atoms with Crippen molar-refractivity contribution in [2.75, 3.05) is 0 Å². The summed E-state index contributed by atoms with van der Waals surface area (Å²) in [7, 11) is 0. The largest absolute Gasteiger partial charge is 0.320 e. The van der Waals surface area contributed by atoms with E-state index >= 15 is 0 Å². The van der Waals surface area contributed by atoms with Gasteiger partial charge in [-0.15, -0.1) is 0 Å². The van der Waals surface area contributed by atoms with Crippen LogP contribution in [0.2, 0.25) is 5.02 Å². The molecule has 3 heteroatoms. The molecule has 0 fully saturated rings. The molecule has 0 aliphatic rings. The zero-order chi connectivity index (χ0) is 11.5. The zero-order valence-corrected chi connectivity index (χ0v) is 9.29. The van der Waals surface area contributed by atoms with E-state index in [9.17, 15) is 4.39 Å². The first-order valence-corrected chi connectivity index (χ1v) is 5.31. The Kier molecular flexibility index (Phi) is 3.22. The Bertz CT molecular complexity index is 464. The van der Waals surface area contributed by atoms with E-state index in [0.29, 0.717) is 10.6 Å². The van der Waals surface area contributed by atoms with E-state index in [4.69, 9.17) is 17.3 Å². The highest BCUT2D eigenvalue weighted by Crippen LogP contribution is 2.23. The first kappa shape index (κ1) is 11.1. The quantitative estimate of drug-likeness (QED) is 0.847. The molecular weight excluding hydrogens is 225 g/mol. The van der Waals surface area contributed by atoms with Crippen LogP contribution >= 0.6 is 11.6 Å². The molecular formula is C13H11ClFN. The zero-order valence-electron chi connectivity index (χ0n) is 8.53. The van der Waals surface area contributed by atoms with Crippen molar-refractivity contribution in [3.05, 3.63) is 70.5 Å². The van der Waals surface area contributed by atoms with Crippen LogP contribution < -0.4 is 5.73 Å². The Balaban J connectivity index is 2.37. The molecule has 0 amide bonds. The van der Waals surface area contributed by atoms with Gasteiger partial charge in [-0.05, 0) is 29.3 Å².